The Bertz CT molecular complexity index is 694. The van der Waals surface area contributed by atoms with Crippen LogP contribution in [0.15, 0.2) is 36.4 Å². The second-order valence-corrected chi connectivity index (χ2v) is 4.82. The number of rotatable bonds is 3. The van der Waals surface area contributed by atoms with Gasteiger partial charge < -0.3 is 14.8 Å². The van der Waals surface area contributed by atoms with Crippen molar-refractivity contribution in [2.24, 2.45) is 0 Å². The monoisotopic (exact) mass is 268 g/mol. The summed E-state index contributed by atoms with van der Waals surface area (Å²) >= 11 is 0. The van der Waals surface area contributed by atoms with Gasteiger partial charge in [0.25, 0.3) is 0 Å². The maximum Gasteiger partial charge on any atom is 0.488 e. The molecule has 3 rings (SSSR count). The molecule has 0 aliphatic heterocycles. The maximum absolute atomic E-state index is 12.4. The Morgan fingerprint density at radius 1 is 1.00 bits per heavy atom. The van der Waals surface area contributed by atoms with Crippen molar-refractivity contribution in [1.29, 1.82) is 0 Å². The van der Waals surface area contributed by atoms with E-state index in [1.54, 1.807) is 25.3 Å². The number of hydrogen-bond acceptors (Lipinski definition) is 4. The molecule has 2 aromatic rings. The Morgan fingerprint density at radius 2 is 1.75 bits per heavy atom. The molecule has 0 spiro atoms. The Labute approximate surface area is 116 Å². The number of carbonyl (C=O) groups is 1. The topological polar surface area (TPSA) is 66.8 Å². The van der Waals surface area contributed by atoms with Crippen LogP contribution in [-0.4, -0.2) is 30.1 Å². The van der Waals surface area contributed by atoms with E-state index < -0.39 is 7.12 Å². The minimum atomic E-state index is -1.53. The van der Waals surface area contributed by atoms with Gasteiger partial charge in [-0.3, -0.25) is 4.79 Å². The van der Waals surface area contributed by atoms with Gasteiger partial charge in [0, 0.05) is 18.2 Å². The number of ether oxygens (including phenoxy) is 1. The summed E-state index contributed by atoms with van der Waals surface area (Å²) in [5, 5.41) is 18.5. The van der Waals surface area contributed by atoms with Gasteiger partial charge in [0.05, 0.1) is 6.61 Å². The van der Waals surface area contributed by atoms with Crippen LogP contribution in [0, 0.1) is 0 Å². The third kappa shape index (κ3) is 1.96. The molecule has 0 amide bonds. The minimum absolute atomic E-state index is 0.0352. The van der Waals surface area contributed by atoms with Crippen LogP contribution in [0.25, 0.3) is 11.1 Å². The van der Waals surface area contributed by atoms with Crippen LogP contribution < -0.4 is 5.46 Å². The van der Waals surface area contributed by atoms with Gasteiger partial charge in [-0.2, -0.15) is 0 Å². The molecule has 0 fully saturated rings. The van der Waals surface area contributed by atoms with Crippen molar-refractivity contribution in [2.75, 3.05) is 7.11 Å². The number of benzene rings is 2. The molecule has 1 aliphatic rings. The molecule has 0 bridgehead atoms. The van der Waals surface area contributed by atoms with E-state index in [-0.39, 0.29) is 5.78 Å². The average Bonchev–Trinajstić information content (AvgIpc) is 2.72. The van der Waals surface area contributed by atoms with Gasteiger partial charge in [0.1, 0.15) is 0 Å². The summed E-state index contributed by atoms with van der Waals surface area (Å²) in [6.45, 7) is 0.456. The highest BCUT2D eigenvalue weighted by molar-refractivity contribution is 6.58. The van der Waals surface area contributed by atoms with E-state index in [0.717, 1.165) is 16.7 Å². The number of ketones is 1. The van der Waals surface area contributed by atoms with Crippen molar-refractivity contribution in [1.82, 2.24) is 0 Å². The van der Waals surface area contributed by atoms with Crippen molar-refractivity contribution >= 4 is 18.4 Å². The van der Waals surface area contributed by atoms with E-state index in [2.05, 4.69) is 0 Å². The van der Waals surface area contributed by atoms with Crippen molar-refractivity contribution in [3.05, 3.63) is 53.1 Å². The van der Waals surface area contributed by atoms with Gasteiger partial charge in [0.15, 0.2) is 5.78 Å². The van der Waals surface area contributed by atoms with E-state index in [9.17, 15) is 14.8 Å². The molecule has 0 aromatic heterocycles. The van der Waals surface area contributed by atoms with Crippen LogP contribution in [0.5, 0.6) is 0 Å². The summed E-state index contributed by atoms with van der Waals surface area (Å²) in [5.74, 6) is -0.0352. The molecule has 0 atom stereocenters. The zero-order chi connectivity index (χ0) is 14.3. The van der Waals surface area contributed by atoms with E-state index in [1.165, 1.54) is 0 Å². The highest BCUT2D eigenvalue weighted by Gasteiger charge is 2.28. The average molecular weight is 268 g/mol. The van der Waals surface area contributed by atoms with Crippen molar-refractivity contribution < 1.29 is 19.6 Å². The van der Waals surface area contributed by atoms with Gasteiger partial charge in [-0.1, -0.05) is 30.3 Å². The lowest BCUT2D eigenvalue weighted by atomic mass is 9.79. The normalized spacial score (nSPS) is 12.2. The van der Waals surface area contributed by atoms with Gasteiger partial charge >= 0.3 is 7.12 Å². The Hall–Kier alpha value is -1.95. The predicted octanol–water partition coefficient (Wildman–Crippen LogP) is 0.724. The lowest BCUT2D eigenvalue weighted by Crippen LogP contribution is -2.29. The first-order valence-electron chi connectivity index (χ1n) is 6.29. The van der Waals surface area contributed by atoms with Crippen LogP contribution >= 0.6 is 0 Å². The number of methoxy groups -OCH3 is 1. The lowest BCUT2D eigenvalue weighted by Gasteiger charge is -2.05. The third-order valence-electron chi connectivity index (χ3n) is 3.52. The fourth-order valence-electron chi connectivity index (χ4n) is 2.56. The first-order valence-corrected chi connectivity index (χ1v) is 6.29. The van der Waals surface area contributed by atoms with Crippen LogP contribution in [0.3, 0.4) is 0 Å². The Balaban J connectivity index is 2.13. The van der Waals surface area contributed by atoms with Crippen molar-refractivity contribution in [3.63, 3.8) is 0 Å². The Morgan fingerprint density at radius 3 is 2.45 bits per heavy atom. The molecule has 2 aromatic carbocycles. The Kier molecular flexibility index (Phi) is 3.18. The molecule has 0 saturated carbocycles. The fraction of sp³-hybridized carbons (Fsp3) is 0.133. The second-order valence-electron chi connectivity index (χ2n) is 4.82. The van der Waals surface area contributed by atoms with Gasteiger partial charge in [-0.15, -0.1) is 0 Å². The summed E-state index contributed by atoms with van der Waals surface area (Å²) in [5.41, 5.74) is 4.13. The van der Waals surface area contributed by atoms with Crippen LogP contribution in [0.4, 0.5) is 0 Å². The highest BCUT2D eigenvalue weighted by atomic mass is 16.5. The molecule has 0 saturated heterocycles. The smallest absolute Gasteiger partial charge is 0.423 e. The van der Waals surface area contributed by atoms with Crippen LogP contribution in [-0.2, 0) is 11.3 Å². The SMILES string of the molecule is COCc1ccc2c(c1)C(=O)c1ccc(B(O)O)cc1-2. The first kappa shape index (κ1) is 13.1. The molecule has 5 heteroatoms. The van der Waals surface area contributed by atoms with Gasteiger partial charge in [-0.25, -0.2) is 0 Å². The van der Waals surface area contributed by atoms with E-state index >= 15 is 0 Å². The summed E-state index contributed by atoms with van der Waals surface area (Å²) in [6, 6.07) is 10.5. The standard InChI is InChI=1S/C15H13BO4/c1-20-8-9-2-4-11-13-7-10(16(18)19)3-5-12(13)15(17)14(11)6-9/h2-7,18-19H,8H2,1H3. The summed E-state index contributed by atoms with van der Waals surface area (Å²) in [6.07, 6.45) is 0. The summed E-state index contributed by atoms with van der Waals surface area (Å²) in [4.78, 5) is 12.4. The number of hydrogen-bond donors (Lipinski definition) is 2. The third-order valence-corrected chi connectivity index (χ3v) is 3.52. The number of fused-ring (bicyclic) bond motifs is 3. The van der Waals surface area contributed by atoms with Crippen molar-refractivity contribution in [2.45, 2.75) is 6.61 Å². The molecule has 0 unspecified atom stereocenters. The minimum Gasteiger partial charge on any atom is -0.423 e. The molecule has 100 valence electrons. The summed E-state index contributed by atoms with van der Waals surface area (Å²) in [7, 11) is 0.0748. The maximum atomic E-state index is 12.4. The van der Waals surface area contributed by atoms with Crippen LogP contribution in [0.1, 0.15) is 21.5 Å². The molecule has 4 nitrogen and oxygen atoms in total. The van der Waals surface area contributed by atoms with E-state index in [0.29, 0.717) is 23.2 Å². The van der Waals surface area contributed by atoms with E-state index in [1.807, 2.05) is 18.2 Å². The van der Waals surface area contributed by atoms with Crippen LogP contribution in [0.2, 0.25) is 0 Å². The molecule has 1 aliphatic carbocycles. The molecular weight excluding hydrogens is 255 g/mol. The highest BCUT2D eigenvalue weighted by Crippen LogP contribution is 2.36. The predicted molar refractivity (Wildman–Crippen MR) is 75.8 cm³/mol. The van der Waals surface area contributed by atoms with Gasteiger partial charge in [0.2, 0.25) is 0 Å². The zero-order valence-electron chi connectivity index (χ0n) is 11.0. The molecule has 2 N–H and O–H groups in total. The second kappa shape index (κ2) is 4.87. The molecular formula is C15H13BO4. The van der Waals surface area contributed by atoms with Gasteiger partial charge in [-0.05, 0) is 28.2 Å². The molecule has 0 heterocycles. The molecule has 20 heavy (non-hydrogen) atoms. The number of carbonyl (C=O) groups excluding carboxylic acids is 1. The van der Waals surface area contributed by atoms with Crippen molar-refractivity contribution in [3.8, 4) is 11.1 Å². The quantitative estimate of drug-likeness (QED) is 0.687. The molecule has 0 radical (unpaired) electrons. The summed E-state index contributed by atoms with van der Waals surface area (Å²) < 4.78 is 5.07. The fourth-order valence-corrected chi connectivity index (χ4v) is 2.56. The zero-order valence-corrected chi connectivity index (χ0v) is 11.0. The largest absolute Gasteiger partial charge is 0.488 e. The lowest BCUT2D eigenvalue weighted by molar-refractivity contribution is 0.104. The first-order chi connectivity index (χ1) is 9.61. The van der Waals surface area contributed by atoms with E-state index in [4.69, 9.17) is 4.74 Å².